The Hall–Kier alpha value is -4.74. The van der Waals surface area contributed by atoms with Gasteiger partial charge in [0.1, 0.15) is 5.75 Å². The number of rotatable bonds is 10. The molecule has 1 unspecified atom stereocenters. The minimum atomic E-state index is -0.493. The molecule has 0 radical (unpaired) electrons. The average molecular weight is 580 g/mol. The lowest BCUT2D eigenvalue weighted by atomic mass is 9.98. The van der Waals surface area contributed by atoms with Crippen molar-refractivity contribution >= 4 is 49.0 Å². The van der Waals surface area contributed by atoms with E-state index >= 15 is 0 Å². The molecular weight excluding hydrogens is 545 g/mol. The van der Waals surface area contributed by atoms with Crippen LogP contribution in [0, 0.1) is 6.92 Å². The second-order valence-corrected chi connectivity index (χ2v) is 10.3. The van der Waals surface area contributed by atoms with Gasteiger partial charge in [0.2, 0.25) is 0 Å². The zero-order chi connectivity index (χ0) is 30.2. The molecule has 0 heterocycles. The van der Waals surface area contributed by atoms with Crippen molar-refractivity contribution in [3.8, 4) is 5.75 Å². The molecule has 0 aliphatic rings. The second-order valence-electron chi connectivity index (χ2n) is 9.63. The number of hydrogen-bond acceptors (Lipinski definition) is 7. The van der Waals surface area contributed by atoms with E-state index in [1.807, 2.05) is 74.4 Å². The lowest BCUT2D eigenvalue weighted by molar-refractivity contribution is 0.0601. The number of esters is 1. The maximum atomic E-state index is 13.0. The van der Waals surface area contributed by atoms with Gasteiger partial charge in [-0.25, -0.2) is 4.79 Å². The van der Waals surface area contributed by atoms with Crippen molar-refractivity contribution in [1.29, 1.82) is 0 Å². The van der Waals surface area contributed by atoms with Gasteiger partial charge in [-0.1, -0.05) is 66.7 Å². The van der Waals surface area contributed by atoms with Crippen LogP contribution in [0.5, 0.6) is 5.75 Å². The summed E-state index contributed by atoms with van der Waals surface area (Å²) in [6.07, 6.45) is 1.80. The molecule has 0 saturated heterocycles. The first-order valence-electron chi connectivity index (χ1n) is 13.3. The van der Waals surface area contributed by atoms with E-state index in [4.69, 9.17) is 14.6 Å². The van der Waals surface area contributed by atoms with Gasteiger partial charge in [0, 0.05) is 29.9 Å². The van der Waals surface area contributed by atoms with E-state index in [1.165, 1.54) is 7.11 Å². The van der Waals surface area contributed by atoms with Crippen molar-refractivity contribution in [2.45, 2.75) is 13.8 Å². The van der Waals surface area contributed by atoms with Gasteiger partial charge in [-0.3, -0.25) is 9.80 Å². The summed E-state index contributed by atoms with van der Waals surface area (Å²) in [7, 11) is 7.50. The molecule has 0 saturated carbocycles. The average Bonchev–Trinajstić information content (AvgIpc) is 3.02. The van der Waals surface area contributed by atoms with Crippen molar-refractivity contribution in [1.82, 2.24) is 0 Å². The fourth-order valence-electron chi connectivity index (χ4n) is 4.47. The molecule has 0 bridgehead atoms. The van der Waals surface area contributed by atoms with E-state index < -0.39 is 5.97 Å². The summed E-state index contributed by atoms with van der Waals surface area (Å²) in [5.74, 6) is -0.00686. The van der Waals surface area contributed by atoms with E-state index in [0.29, 0.717) is 33.8 Å². The van der Waals surface area contributed by atoms with Crippen molar-refractivity contribution < 1.29 is 19.1 Å². The van der Waals surface area contributed by atoms with Crippen molar-refractivity contribution in [2.75, 3.05) is 31.6 Å². The molecule has 0 fully saturated rings. The van der Waals surface area contributed by atoms with Crippen LogP contribution in [0.1, 0.15) is 44.3 Å². The van der Waals surface area contributed by atoms with Crippen molar-refractivity contribution in [2.24, 2.45) is 5.10 Å². The van der Waals surface area contributed by atoms with Gasteiger partial charge in [-0.05, 0) is 54.5 Å². The first kappa shape index (κ1) is 30.2. The summed E-state index contributed by atoms with van der Waals surface area (Å²) < 4.78 is 10.3. The van der Waals surface area contributed by atoms with E-state index in [0.717, 1.165) is 27.7 Å². The number of aryl methyl sites for hydroxylation is 1. The summed E-state index contributed by atoms with van der Waals surface area (Å²) in [6, 6.07) is 27.9. The fourth-order valence-corrected chi connectivity index (χ4v) is 4.72. The third-order valence-corrected chi connectivity index (χ3v) is 7.13. The molecule has 0 amide bonds. The summed E-state index contributed by atoms with van der Waals surface area (Å²) in [5, 5.41) is 11.1. The Bertz CT molecular complexity index is 1650. The monoisotopic (exact) mass is 579 g/mol. The molecule has 0 aliphatic carbocycles. The van der Waals surface area contributed by atoms with Gasteiger partial charge in [0.15, 0.2) is 5.78 Å². The first-order valence-corrected chi connectivity index (χ1v) is 13.9. The Morgan fingerprint density at radius 2 is 1.55 bits per heavy atom. The number of hydrogen-bond donors (Lipinski definition) is 1. The van der Waals surface area contributed by atoms with Gasteiger partial charge in [-0.15, -0.1) is 9.24 Å². The number of methoxy groups -OCH3 is 2. The number of ketones is 1. The van der Waals surface area contributed by atoms with E-state index in [-0.39, 0.29) is 5.78 Å². The molecule has 1 N–H and O–H groups in total. The lowest BCUT2D eigenvalue weighted by Gasteiger charge is -2.19. The summed E-state index contributed by atoms with van der Waals surface area (Å²) >= 11 is 0. The van der Waals surface area contributed by atoms with Crippen LogP contribution < -0.4 is 20.4 Å². The molecule has 0 aromatic heterocycles. The maximum absolute atomic E-state index is 13.0. The zero-order valence-electron chi connectivity index (χ0n) is 24.3. The van der Waals surface area contributed by atoms with Crippen LogP contribution in [-0.2, 0) is 4.74 Å². The quantitative estimate of drug-likeness (QED) is 0.0761. The van der Waals surface area contributed by atoms with Gasteiger partial charge in [-0.2, -0.15) is 5.10 Å². The number of benzene rings is 4. The molecule has 1 atom stereocenters. The zero-order valence-corrected chi connectivity index (χ0v) is 25.5. The largest absolute Gasteiger partial charge is 0.497 e. The van der Waals surface area contributed by atoms with E-state index in [9.17, 15) is 9.59 Å². The van der Waals surface area contributed by atoms with Crippen LogP contribution >= 0.6 is 9.24 Å². The smallest absolute Gasteiger partial charge is 0.340 e. The summed E-state index contributed by atoms with van der Waals surface area (Å²) in [6.45, 7) is 3.96. The van der Waals surface area contributed by atoms with E-state index in [1.54, 1.807) is 43.6 Å². The number of nitrogens with zero attached hydrogens (tertiary/aromatic N) is 2. The molecular formula is C34H34N3O4P. The summed E-state index contributed by atoms with van der Waals surface area (Å²) in [5.41, 5.74) is 6.48. The number of carbonyl (C=O) groups is 2. The van der Waals surface area contributed by atoms with E-state index in [2.05, 4.69) is 26.7 Å². The highest BCUT2D eigenvalue weighted by molar-refractivity contribution is 7.27. The highest BCUT2D eigenvalue weighted by atomic mass is 31.0. The SMILES string of the molecule is COC(=O)c1cc(OC)ccc1N/C=C(/C(C)=N\N(C)c1cc(P)ccc1C)c1ccc(C(=O)c2ccccc2)cc1. The number of allylic oxidation sites excluding steroid dienone is 1. The number of ether oxygens (including phenoxy) is 2. The van der Waals surface area contributed by atoms with Crippen LogP contribution in [0.15, 0.2) is 102 Å². The highest BCUT2D eigenvalue weighted by Gasteiger charge is 2.15. The Labute approximate surface area is 249 Å². The molecule has 42 heavy (non-hydrogen) atoms. The highest BCUT2D eigenvalue weighted by Crippen LogP contribution is 2.26. The van der Waals surface area contributed by atoms with Crippen LogP contribution in [0.4, 0.5) is 11.4 Å². The molecule has 214 valence electrons. The first-order chi connectivity index (χ1) is 20.2. The Balaban J connectivity index is 1.75. The number of hydrazone groups is 1. The maximum Gasteiger partial charge on any atom is 0.340 e. The molecule has 4 aromatic carbocycles. The Morgan fingerprint density at radius 3 is 2.21 bits per heavy atom. The lowest BCUT2D eigenvalue weighted by Crippen LogP contribution is -2.15. The fraction of sp³-hybridized carbons (Fsp3) is 0.147. The summed E-state index contributed by atoms with van der Waals surface area (Å²) in [4.78, 5) is 25.5. The molecule has 8 heteroatoms. The van der Waals surface area contributed by atoms with Gasteiger partial charge >= 0.3 is 5.97 Å². The minimum absolute atomic E-state index is 0.0512. The Kier molecular flexibility index (Phi) is 9.89. The van der Waals surface area contributed by atoms with Crippen molar-refractivity contribution in [3.63, 3.8) is 0 Å². The van der Waals surface area contributed by atoms with Gasteiger partial charge < -0.3 is 14.8 Å². The predicted octanol–water partition coefficient (Wildman–Crippen LogP) is 6.49. The van der Waals surface area contributed by atoms with Crippen LogP contribution in [0.3, 0.4) is 0 Å². The number of carbonyl (C=O) groups excluding carboxylic acids is 2. The molecule has 4 rings (SSSR count). The third-order valence-electron chi connectivity index (χ3n) is 6.77. The van der Waals surface area contributed by atoms with Gasteiger partial charge in [0.25, 0.3) is 0 Å². The topological polar surface area (TPSA) is 80.2 Å². The normalized spacial score (nSPS) is 11.6. The molecule has 0 aliphatic heterocycles. The molecule has 4 aromatic rings. The number of anilines is 2. The molecule has 7 nitrogen and oxygen atoms in total. The van der Waals surface area contributed by atoms with Crippen molar-refractivity contribution in [3.05, 3.63) is 125 Å². The Morgan fingerprint density at radius 1 is 0.881 bits per heavy atom. The number of nitrogens with one attached hydrogen (secondary N) is 1. The van der Waals surface area contributed by atoms with Crippen LogP contribution in [0.25, 0.3) is 5.57 Å². The standard InChI is InChI=1S/C34H34N3O4P/c1-22-11-17-28(42)20-32(22)37(3)36-23(2)30(21-35-31-18-16-27(40-4)19-29(31)34(39)41-5)24-12-14-26(15-13-24)33(38)25-9-7-6-8-10-25/h6-21,35H,42H2,1-5H3/b30-21-,36-23-. The van der Waals surface area contributed by atoms with Gasteiger partial charge in [0.05, 0.1) is 36.9 Å². The van der Waals surface area contributed by atoms with Crippen LogP contribution in [0.2, 0.25) is 0 Å². The third kappa shape index (κ3) is 7.12. The van der Waals surface area contributed by atoms with Crippen LogP contribution in [-0.4, -0.2) is 38.7 Å². The molecule has 0 spiro atoms. The predicted molar refractivity (Wildman–Crippen MR) is 174 cm³/mol. The second kappa shape index (κ2) is 13.7. The minimum Gasteiger partial charge on any atom is -0.497 e.